The minimum absolute atomic E-state index is 0.202. The molecule has 0 aliphatic carbocycles. The number of nitriles is 1. The van der Waals surface area contributed by atoms with Crippen LogP contribution < -0.4 is 0 Å². The molecule has 0 amide bonds. The van der Waals surface area contributed by atoms with Gasteiger partial charge in [-0.05, 0) is 19.4 Å². The van der Waals surface area contributed by atoms with Crippen LogP contribution in [0.3, 0.4) is 0 Å². The molecule has 1 aromatic rings. The van der Waals surface area contributed by atoms with E-state index >= 15 is 0 Å². The van der Waals surface area contributed by atoms with Gasteiger partial charge in [-0.15, -0.1) is 0 Å². The quantitative estimate of drug-likeness (QED) is 0.741. The highest BCUT2D eigenvalue weighted by molar-refractivity contribution is 5.69. The Hall–Kier alpha value is -1.97. The molecule has 1 aliphatic rings. The van der Waals surface area contributed by atoms with Gasteiger partial charge in [0.2, 0.25) is 0 Å². The normalized spacial score (nSPS) is 18.2. The van der Waals surface area contributed by atoms with Crippen molar-refractivity contribution in [2.24, 2.45) is 0 Å². The van der Waals surface area contributed by atoms with E-state index in [4.69, 9.17) is 9.47 Å². The number of aromatic nitrogens is 1. The summed E-state index contributed by atoms with van der Waals surface area (Å²) in [6.45, 7) is 4.62. The van der Waals surface area contributed by atoms with E-state index in [1.807, 2.05) is 12.1 Å². The molecular formula is C16H21N3O3. The first-order valence-electron chi connectivity index (χ1n) is 7.53. The van der Waals surface area contributed by atoms with Gasteiger partial charge in [0.25, 0.3) is 0 Å². The molecule has 2 heterocycles. The molecule has 1 unspecified atom stereocenters. The number of rotatable bonds is 6. The molecule has 0 spiro atoms. The Bertz CT molecular complexity index is 523. The largest absolute Gasteiger partial charge is 0.466 e. The van der Waals surface area contributed by atoms with E-state index in [0.29, 0.717) is 39.3 Å². The molecule has 1 saturated heterocycles. The summed E-state index contributed by atoms with van der Waals surface area (Å²) in [7, 11) is 0. The van der Waals surface area contributed by atoms with Crippen LogP contribution in [-0.2, 0) is 19.8 Å². The minimum Gasteiger partial charge on any atom is -0.466 e. The second-order valence-corrected chi connectivity index (χ2v) is 5.12. The Labute approximate surface area is 130 Å². The summed E-state index contributed by atoms with van der Waals surface area (Å²) in [6, 6.07) is 6.12. The molecule has 22 heavy (non-hydrogen) atoms. The molecule has 0 aromatic carbocycles. The molecule has 1 aliphatic heterocycles. The lowest BCUT2D eigenvalue weighted by Crippen LogP contribution is -2.51. The molecule has 0 saturated carbocycles. The van der Waals surface area contributed by atoms with E-state index in [1.54, 1.807) is 19.3 Å². The number of hydrogen-bond acceptors (Lipinski definition) is 6. The highest BCUT2D eigenvalue weighted by Gasteiger charge is 2.40. The maximum atomic E-state index is 11.7. The van der Waals surface area contributed by atoms with Crippen LogP contribution in [0.2, 0.25) is 0 Å². The van der Waals surface area contributed by atoms with Crippen LogP contribution >= 0.6 is 0 Å². The van der Waals surface area contributed by atoms with Crippen molar-refractivity contribution in [3.63, 3.8) is 0 Å². The first-order chi connectivity index (χ1) is 10.7. The average molecular weight is 303 g/mol. The highest BCUT2D eigenvalue weighted by Crippen LogP contribution is 2.33. The Morgan fingerprint density at radius 2 is 2.32 bits per heavy atom. The zero-order valence-electron chi connectivity index (χ0n) is 12.8. The van der Waals surface area contributed by atoms with Gasteiger partial charge in [-0.2, -0.15) is 5.26 Å². The Balaban J connectivity index is 2.26. The maximum absolute atomic E-state index is 11.7. The van der Waals surface area contributed by atoms with Crippen LogP contribution in [0.25, 0.3) is 0 Å². The SMILES string of the molecule is CCOC(=O)CCC(C#N)(c1cccnc1)N1CCOCC1. The molecule has 118 valence electrons. The van der Waals surface area contributed by atoms with Crippen LogP contribution in [0.1, 0.15) is 25.3 Å². The summed E-state index contributed by atoms with van der Waals surface area (Å²) in [5, 5.41) is 9.91. The Kier molecular flexibility index (Phi) is 5.87. The molecule has 2 rings (SSSR count). The molecule has 1 aromatic heterocycles. The fourth-order valence-electron chi connectivity index (χ4n) is 2.74. The molecule has 0 bridgehead atoms. The van der Waals surface area contributed by atoms with Crippen LogP contribution in [0, 0.1) is 11.3 Å². The number of esters is 1. The molecule has 0 N–H and O–H groups in total. The number of carbonyl (C=O) groups is 1. The predicted octanol–water partition coefficient (Wildman–Crippen LogP) is 1.48. The third kappa shape index (κ3) is 3.62. The van der Waals surface area contributed by atoms with Crippen molar-refractivity contribution in [2.75, 3.05) is 32.9 Å². The Morgan fingerprint density at radius 1 is 1.55 bits per heavy atom. The molecule has 6 heteroatoms. The van der Waals surface area contributed by atoms with Crippen LogP contribution in [0.15, 0.2) is 24.5 Å². The van der Waals surface area contributed by atoms with Gasteiger partial charge in [0.15, 0.2) is 0 Å². The second-order valence-electron chi connectivity index (χ2n) is 5.12. The monoisotopic (exact) mass is 303 g/mol. The molecule has 1 atom stereocenters. The highest BCUT2D eigenvalue weighted by atomic mass is 16.5. The van der Waals surface area contributed by atoms with Crippen molar-refractivity contribution in [1.82, 2.24) is 9.88 Å². The number of ether oxygens (including phenoxy) is 2. The molecular weight excluding hydrogens is 282 g/mol. The molecule has 6 nitrogen and oxygen atoms in total. The lowest BCUT2D eigenvalue weighted by atomic mass is 9.85. The van der Waals surface area contributed by atoms with Gasteiger partial charge in [-0.25, -0.2) is 0 Å². The van der Waals surface area contributed by atoms with Crippen LogP contribution in [0.4, 0.5) is 0 Å². The zero-order valence-corrected chi connectivity index (χ0v) is 12.8. The third-order valence-electron chi connectivity index (χ3n) is 3.87. The lowest BCUT2D eigenvalue weighted by Gasteiger charge is -2.41. The van der Waals surface area contributed by atoms with Gasteiger partial charge < -0.3 is 9.47 Å². The minimum atomic E-state index is -0.870. The number of morpholine rings is 1. The topological polar surface area (TPSA) is 75.5 Å². The van der Waals surface area contributed by atoms with Crippen molar-refractivity contribution < 1.29 is 14.3 Å². The van der Waals surface area contributed by atoms with Gasteiger partial charge >= 0.3 is 5.97 Å². The van der Waals surface area contributed by atoms with E-state index in [9.17, 15) is 10.1 Å². The van der Waals surface area contributed by atoms with Gasteiger partial charge in [-0.3, -0.25) is 14.7 Å². The third-order valence-corrected chi connectivity index (χ3v) is 3.87. The number of nitrogens with zero attached hydrogens (tertiary/aromatic N) is 3. The second kappa shape index (κ2) is 7.87. The van der Waals surface area contributed by atoms with Gasteiger partial charge in [0.05, 0.1) is 25.9 Å². The lowest BCUT2D eigenvalue weighted by molar-refractivity contribution is -0.144. The number of pyridine rings is 1. The van der Waals surface area contributed by atoms with E-state index in [2.05, 4.69) is 16.0 Å². The summed E-state index contributed by atoms with van der Waals surface area (Å²) in [4.78, 5) is 17.9. The van der Waals surface area contributed by atoms with E-state index in [-0.39, 0.29) is 12.4 Å². The summed E-state index contributed by atoms with van der Waals surface area (Å²) >= 11 is 0. The smallest absolute Gasteiger partial charge is 0.305 e. The van der Waals surface area contributed by atoms with Gasteiger partial charge in [0.1, 0.15) is 5.54 Å². The fraction of sp³-hybridized carbons (Fsp3) is 0.562. The predicted molar refractivity (Wildman–Crippen MR) is 79.8 cm³/mol. The van der Waals surface area contributed by atoms with E-state index in [0.717, 1.165) is 5.56 Å². The number of carbonyl (C=O) groups excluding carboxylic acids is 1. The summed E-state index contributed by atoms with van der Waals surface area (Å²) in [5.74, 6) is -0.278. The standard InChI is InChI=1S/C16H21N3O3/c1-2-22-15(20)5-6-16(13-17,14-4-3-7-18-12-14)19-8-10-21-11-9-19/h3-4,7,12H,2,5-6,8-11H2,1H3. The van der Waals surface area contributed by atoms with Crippen molar-refractivity contribution >= 4 is 5.97 Å². The van der Waals surface area contributed by atoms with Crippen molar-refractivity contribution in [3.05, 3.63) is 30.1 Å². The fourth-order valence-corrected chi connectivity index (χ4v) is 2.74. The van der Waals surface area contributed by atoms with Crippen molar-refractivity contribution in [1.29, 1.82) is 5.26 Å². The zero-order chi connectivity index (χ0) is 15.8. The van der Waals surface area contributed by atoms with Crippen molar-refractivity contribution in [2.45, 2.75) is 25.3 Å². The Morgan fingerprint density at radius 3 is 2.91 bits per heavy atom. The first-order valence-corrected chi connectivity index (χ1v) is 7.53. The molecule has 0 radical (unpaired) electrons. The summed E-state index contributed by atoms with van der Waals surface area (Å²) in [5.41, 5.74) is -0.0613. The van der Waals surface area contributed by atoms with Crippen molar-refractivity contribution in [3.8, 4) is 6.07 Å². The summed E-state index contributed by atoms with van der Waals surface area (Å²) in [6.07, 6.45) is 3.96. The van der Waals surface area contributed by atoms with Crippen LogP contribution in [-0.4, -0.2) is 48.8 Å². The number of hydrogen-bond donors (Lipinski definition) is 0. The van der Waals surface area contributed by atoms with E-state index in [1.165, 1.54) is 0 Å². The van der Waals surface area contributed by atoms with E-state index < -0.39 is 5.54 Å². The van der Waals surface area contributed by atoms with Crippen LogP contribution in [0.5, 0.6) is 0 Å². The maximum Gasteiger partial charge on any atom is 0.305 e. The van der Waals surface area contributed by atoms with Gasteiger partial charge in [-0.1, -0.05) is 6.07 Å². The average Bonchev–Trinajstić information content (AvgIpc) is 2.58. The first kappa shape index (κ1) is 16.4. The summed E-state index contributed by atoms with van der Waals surface area (Å²) < 4.78 is 10.4. The molecule has 1 fully saturated rings. The van der Waals surface area contributed by atoms with Gasteiger partial charge in [0, 0.05) is 37.5 Å².